The van der Waals surface area contributed by atoms with E-state index in [0.29, 0.717) is 5.69 Å². The largest absolute Gasteiger partial charge is 0.455 e. The van der Waals surface area contributed by atoms with Crippen LogP contribution in [0.4, 0.5) is 5.69 Å². The van der Waals surface area contributed by atoms with Gasteiger partial charge in [-0.15, -0.1) is 11.3 Å². The smallest absolute Gasteiger partial charge is 0.312 e. The molecule has 0 aliphatic rings. The Morgan fingerprint density at radius 1 is 1.32 bits per heavy atom. The molecule has 2 heterocycles. The van der Waals surface area contributed by atoms with Crippen LogP contribution in [0.3, 0.4) is 0 Å². The van der Waals surface area contributed by atoms with Crippen LogP contribution in [-0.4, -0.2) is 27.9 Å². The Kier molecular flexibility index (Phi) is 5.14. The highest BCUT2D eigenvalue weighted by molar-refractivity contribution is 7.15. The van der Waals surface area contributed by atoms with E-state index < -0.39 is 5.97 Å². The molecule has 25 heavy (non-hydrogen) atoms. The van der Waals surface area contributed by atoms with Crippen LogP contribution < -0.4 is 5.32 Å². The van der Waals surface area contributed by atoms with Gasteiger partial charge in [-0.3, -0.25) is 14.0 Å². The summed E-state index contributed by atoms with van der Waals surface area (Å²) in [6.45, 7) is 3.80. The van der Waals surface area contributed by atoms with Crippen LogP contribution in [-0.2, 0) is 20.7 Å². The van der Waals surface area contributed by atoms with Gasteiger partial charge in [-0.1, -0.05) is 32.0 Å². The predicted octanol–water partition coefficient (Wildman–Crippen LogP) is 3.24. The van der Waals surface area contributed by atoms with Gasteiger partial charge in [-0.05, 0) is 17.5 Å². The Bertz CT molecular complexity index is 869. The van der Waals surface area contributed by atoms with Gasteiger partial charge < -0.3 is 10.1 Å². The summed E-state index contributed by atoms with van der Waals surface area (Å²) in [7, 11) is 0. The first-order valence-electron chi connectivity index (χ1n) is 7.98. The van der Waals surface area contributed by atoms with E-state index in [2.05, 4.69) is 24.1 Å². The Morgan fingerprint density at radius 3 is 2.88 bits per heavy atom. The minimum absolute atomic E-state index is 0.0459. The van der Waals surface area contributed by atoms with Crippen LogP contribution in [0.2, 0.25) is 0 Å². The number of para-hydroxylation sites is 1. The number of nitrogens with one attached hydrogen (secondary N) is 1. The zero-order valence-electron chi connectivity index (χ0n) is 14.1. The number of fused-ring (bicyclic) bond motifs is 1. The predicted molar refractivity (Wildman–Crippen MR) is 96.9 cm³/mol. The lowest BCUT2D eigenvalue weighted by Gasteiger charge is -2.13. The summed E-state index contributed by atoms with van der Waals surface area (Å²) in [6.07, 6.45) is 3.71. The molecular weight excluding hydrogens is 338 g/mol. The molecule has 2 aromatic heterocycles. The maximum Gasteiger partial charge on any atom is 0.312 e. The number of thiazole rings is 1. The van der Waals surface area contributed by atoms with Crippen molar-refractivity contribution in [3.8, 4) is 0 Å². The molecule has 0 unspecified atom stereocenters. The fraction of sp³-hybridized carbons (Fsp3) is 0.278. The third-order valence-electron chi connectivity index (χ3n) is 3.69. The molecule has 0 radical (unpaired) electrons. The molecule has 0 saturated heterocycles. The molecule has 1 aromatic carbocycles. The highest BCUT2D eigenvalue weighted by Gasteiger charge is 2.13. The molecule has 0 aliphatic carbocycles. The summed E-state index contributed by atoms with van der Waals surface area (Å²) in [5, 5.41) is 4.71. The molecule has 7 heteroatoms. The maximum absolute atomic E-state index is 12.0. The van der Waals surface area contributed by atoms with Crippen molar-refractivity contribution in [3.63, 3.8) is 0 Å². The molecule has 0 aliphatic heterocycles. The molecule has 0 spiro atoms. The third-order valence-corrected chi connectivity index (χ3v) is 4.46. The normalized spacial score (nSPS) is 11.0. The van der Waals surface area contributed by atoms with Gasteiger partial charge in [0.1, 0.15) is 0 Å². The first kappa shape index (κ1) is 17.2. The van der Waals surface area contributed by atoms with Crippen molar-refractivity contribution in [3.05, 3.63) is 53.3 Å². The second-order valence-electron chi connectivity index (χ2n) is 5.95. The molecule has 1 amide bonds. The van der Waals surface area contributed by atoms with Crippen molar-refractivity contribution in [1.82, 2.24) is 9.38 Å². The van der Waals surface area contributed by atoms with Crippen LogP contribution >= 0.6 is 11.3 Å². The number of imidazole rings is 1. The van der Waals surface area contributed by atoms with Crippen molar-refractivity contribution in [2.75, 3.05) is 11.9 Å². The van der Waals surface area contributed by atoms with E-state index in [4.69, 9.17) is 4.74 Å². The second kappa shape index (κ2) is 7.48. The summed E-state index contributed by atoms with van der Waals surface area (Å²) in [5.74, 6) is -0.542. The van der Waals surface area contributed by atoms with Crippen molar-refractivity contribution in [2.24, 2.45) is 0 Å². The lowest BCUT2D eigenvalue weighted by atomic mass is 10.0. The number of benzene rings is 1. The zero-order valence-corrected chi connectivity index (χ0v) is 14.9. The SMILES string of the molecule is CC(C)c1ccccc1NC(=O)COC(=O)Cc1cn2ccsc2n1. The minimum atomic E-state index is -0.474. The number of amides is 1. The average Bonchev–Trinajstić information content (AvgIpc) is 3.14. The number of ether oxygens (including phenoxy) is 1. The van der Waals surface area contributed by atoms with E-state index in [1.807, 2.05) is 40.2 Å². The Balaban J connectivity index is 1.52. The molecule has 130 valence electrons. The Hall–Kier alpha value is -2.67. The van der Waals surface area contributed by atoms with Crippen molar-refractivity contribution >= 4 is 33.9 Å². The van der Waals surface area contributed by atoms with E-state index in [-0.39, 0.29) is 24.9 Å². The van der Waals surface area contributed by atoms with E-state index in [1.165, 1.54) is 11.3 Å². The van der Waals surface area contributed by atoms with E-state index >= 15 is 0 Å². The van der Waals surface area contributed by atoms with E-state index in [0.717, 1.165) is 16.2 Å². The summed E-state index contributed by atoms with van der Waals surface area (Å²) < 4.78 is 6.91. The topological polar surface area (TPSA) is 72.7 Å². The van der Waals surface area contributed by atoms with Crippen LogP contribution in [0.5, 0.6) is 0 Å². The van der Waals surface area contributed by atoms with Gasteiger partial charge in [-0.2, -0.15) is 0 Å². The summed E-state index contributed by atoms with van der Waals surface area (Å²) in [5.41, 5.74) is 2.41. The lowest BCUT2D eigenvalue weighted by Crippen LogP contribution is -2.22. The molecule has 3 rings (SSSR count). The highest BCUT2D eigenvalue weighted by atomic mass is 32.1. The van der Waals surface area contributed by atoms with Crippen LogP contribution in [0, 0.1) is 0 Å². The monoisotopic (exact) mass is 357 g/mol. The lowest BCUT2D eigenvalue weighted by molar-refractivity contribution is -0.146. The number of rotatable bonds is 6. The van der Waals surface area contributed by atoms with Gasteiger partial charge in [0, 0.05) is 23.5 Å². The second-order valence-corrected chi connectivity index (χ2v) is 6.83. The fourth-order valence-electron chi connectivity index (χ4n) is 2.51. The van der Waals surface area contributed by atoms with E-state index in [9.17, 15) is 9.59 Å². The molecule has 6 nitrogen and oxygen atoms in total. The van der Waals surface area contributed by atoms with Crippen LogP contribution in [0.15, 0.2) is 42.0 Å². The van der Waals surface area contributed by atoms with Crippen molar-refractivity contribution in [1.29, 1.82) is 0 Å². The first-order chi connectivity index (χ1) is 12.0. The number of carbonyl (C=O) groups excluding carboxylic acids is 2. The quantitative estimate of drug-likeness (QED) is 0.688. The van der Waals surface area contributed by atoms with E-state index in [1.54, 1.807) is 6.20 Å². The molecule has 0 bridgehead atoms. The number of nitrogens with zero attached hydrogens (tertiary/aromatic N) is 2. The molecule has 3 aromatic rings. The number of hydrogen-bond acceptors (Lipinski definition) is 5. The van der Waals surface area contributed by atoms with Crippen LogP contribution in [0.25, 0.3) is 4.96 Å². The first-order valence-corrected chi connectivity index (χ1v) is 8.86. The Morgan fingerprint density at radius 2 is 2.12 bits per heavy atom. The average molecular weight is 357 g/mol. The molecule has 0 fully saturated rings. The summed E-state index contributed by atoms with van der Waals surface area (Å²) in [6, 6.07) is 7.60. The van der Waals surface area contributed by atoms with Gasteiger partial charge in [0.15, 0.2) is 11.6 Å². The van der Waals surface area contributed by atoms with Crippen molar-refractivity contribution in [2.45, 2.75) is 26.2 Å². The zero-order chi connectivity index (χ0) is 17.8. The summed E-state index contributed by atoms with van der Waals surface area (Å²) in [4.78, 5) is 29.1. The fourth-order valence-corrected chi connectivity index (χ4v) is 3.23. The Labute approximate surface area is 149 Å². The maximum atomic E-state index is 12.0. The molecule has 0 atom stereocenters. The van der Waals surface area contributed by atoms with Gasteiger partial charge in [0.25, 0.3) is 5.91 Å². The number of esters is 1. The summed E-state index contributed by atoms with van der Waals surface area (Å²) >= 11 is 1.49. The molecular formula is C18H19N3O3S. The molecule has 0 saturated carbocycles. The third kappa shape index (κ3) is 4.24. The van der Waals surface area contributed by atoms with Gasteiger partial charge in [0.2, 0.25) is 0 Å². The highest BCUT2D eigenvalue weighted by Crippen LogP contribution is 2.23. The molecule has 1 N–H and O–H groups in total. The number of carbonyl (C=O) groups is 2. The number of anilines is 1. The van der Waals surface area contributed by atoms with Crippen molar-refractivity contribution < 1.29 is 14.3 Å². The van der Waals surface area contributed by atoms with Crippen LogP contribution in [0.1, 0.15) is 31.0 Å². The van der Waals surface area contributed by atoms with Gasteiger partial charge in [0.05, 0.1) is 12.1 Å². The minimum Gasteiger partial charge on any atom is -0.455 e. The van der Waals surface area contributed by atoms with Gasteiger partial charge >= 0.3 is 5.97 Å². The number of aromatic nitrogens is 2. The number of hydrogen-bond donors (Lipinski definition) is 1. The standard InChI is InChI=1S/C18H19N3O3S/c1-12(2)14-5-3-4-6-15(14)20-16(22)11-24-17(23)9-13-10-21-7-8-25-18(21)19-13/h3-8,10,12H,9,11H2,1-2H3,(H,20,22). The van der Waals surface area contributed by atoms with Gasteiger partial charge in [-0.25, -0.2) is 4.98 Å².